The third kappa shape index (κ3) is 3.86. The van der Waals surface area contributed by atoms with Gasteiger partial charge in [-0.05, 0) is 39.0 Å². The average Bonchev–Trinajstić information content (AvgIpc) is 3.09. The van der Waals surface area contributed by atoms with Crippen LogP contribution < -0.4 is 16.4 Å². The van der Waals surface area contributed by atoms with Gasteiger partial charge in [-0.2, -0.15) is 5.10 Å². The van der Waals surface area contributed by atoms with Gasteiger partial charge in [0.05, 0.1) is 28.4 Å². The molecular weight excluding hydrogens is 356 g/mol. The van der Waals surface area contributed by atoms with E-state index in [0.29, 0.717) is 46.6 Å². The van der Waals surface area contributed by atoms with Gasteiger partial charge in [0.25, 0.3) is 11.8 Å². The Morgan fingerprint density at radius 1 is 1.18 bits per heavy atom. The summed E-state index contributed by atoms with van der Waals surface area (Å²) in [6.45, 7) is 6.55. The molecule has 0 spiro atoms. The maximum absolute atomic E-state index is 13.0. The van der Waals surface area contributed by atoms with Gasteiger partial charge in [-0.25, -0.2) is 9.67 Å². The van der Waals surface area contributed by atoms with Gasteiger partial charge in [0.2, 0.25) is 0 Å². The Hall–Kier alpha value is -3.26. The number of aromatic nitrogens is 3. The Morgan fingerprint density at radius 3 is 2.64 bits per heavy atom. The van der Waals surface area contributed by atoms with E-state index in [1.165, 1.54) is 0 Å². The number of aryl methyl sites for hydroxylation is 1. The molecule has 2 aromatic heterocycles. The first-order valence-electron chi connectivity index (χ1n) is 9.16. The van der Waals surface area contributed by atoms with E-state index in [2.05, 4.69) is 20.7 Å². The highest BCUT2D eigenvalue weighted by atomic mass is 16.2. The van der Waals surface area contributed by atoms with Gasteiger partial charge in [0.15, 0.2) is 5.65 Å². The molecule has 0 aliphatic rings. The first-order chi connectivity index (χ1) is 13.4. The molecule has 8 heteroatoms. The number of nitrogens with zero attached hydrogens (tertiary/aromatic N) is 3. The van der Waals surface area contributed by atoms with Crippen LogP contribution >= 0.6 is 0 Å². The van der Waals surface area contributed by atoms with E-state index in [-0.39, 0.29) is 17.9 Å². The maximum Gasteiger partial charge on any atom is 0.256 e. The number of benzene rings is 1. The lowest BCUT2D eigenvalue weighted by Gasteiger charge is -2.12. The molecule has 28 heavy (non-hydrogen) atoms. The lowest BCUT2D eigenvalue weighted by Crippen LogP contribution is -2.30. The van der Waals surface area contributed by atoms with Crippen molar-refractivity contribution < 1.29 is 9.59 Å². The molecule has 3 aromatic rings. The number of pyridine rings is 1. The van der Waals surface area contributed by atoms with Crippen LogP contribution in [0.1, 0.15) is 46.3 Å². The number of hydrogen-bond donors (Lipinski definition) is 3. The van der Waals surface area contributed by atoms with Gasteiger partial charge in [0, 0.05) is 24.8 Å². The molecule has 8 nitrogen and oxygen atoms in total. The summed E-state index contributed by atoms with van der Waals surface area (Å²) in [6, 6.07) is 8.70. The standard InChI is InChI=1S/C20H24N6O2/c1-12(2)26-18-16(11-23-26)15(10-13(3)24-18)20(28)25-17-7-5-4-6-14(17)19(27)22-9-8-21/h4-7,10-12H,8-9,21H2,1-3H3,(H,22,27)(H,25,28). The van der Waals surface area contributed by atoms with Crippen molar-refractivity contribution in [2.75, 3.05) is 18.4 Å². The van der Waals surface area contributed by atoms with Gasteiger partial charge in [-0.15, -0.1) is 0 Å². The lowest BCUT2D eigenvalue weighted by molar-refractivity contribution is 0.0955. The van der Waals surface area contributed by atoms with Crippen molar-refractivity contribution in [2.45, 2.75) is 26.8 Å². The zero-order valence-corrected chi connectivity index (χ0v) is 16.2. The second-order valence-electron chi connectivity index (χ2n) is 6.78. The van der Waals surface area contributed by atoms with Crippen molar-refractivity contribution in [3.63, 3.8) is 0 Å². The maximum atomic E-state index is 13.0. The van der Waals surface area contributed by atoms with Crippen LogP contribution in [0.2, 0.25) is 0 Å². The minimum Gasteiger partial charge on any atom is -0.351 e. The van der Waals surface area contributed by atoms with Gasteiger partial charge in [-0.1, -0.05) is 12.1 Å². The number of hydrogen-bond acceptors (Lipinski definition) is 5. The van der Waals surface area contributed by atoms with E-state index in [0.717, 1.165) is 0 Å². The monoisotopic (exact) mass is 380 g/mol. The summed E-state index contributed by atoms with van der Waals surface area (Å²) in [5.41, 5.74) is 8.09. The lowest BCUT2D eigenvalue weighted by atomic mass is 10.1. The minimum atomic E-state index is -0.321. The topological polar surface area (TPSA) is 115 Å². The average molecular weight is 380 g/mol. The highest BCUT2D eigenvalue weighted by molar-refractivity contribution is 6.14. The summed E-state index contributed by atoms with van der Waals surface area (Å²) >= 11 is 0. The fourth-order valence-corrected chi connectivity index (χ4v) is 2.97. The molecule has 0 saturated carbocycles. The Bertz CT molecular complexity index is 1020. The Morgan fingerprint density at radius 2 is 1.93 bits per heavy atom. The molecule has 0 fully saturated rings. The number of carbonyl (C=O) groups excluding carboxylic acids is 2. The van der Waals surface area contributed by atoms with Gasteiger partial charge >= 0.3 is 0 Å². The number of nitrogens with two attached hydrogens (primary N) is 1. The fourth-order valence-electron chi connectivity index (χ4n) is 2.97. The SMILES string of the molecule is Cc1cc(C(=O)Nc2ccccc2C(=O)NCCN)c2cnn(C(C)C)c2n1. The predicted molar refractivity (Wildman–Crippen MR) is 108 cm³/mol. The van der Waals surface area contributed by atoms with E-state index >= 15 is 0 Å². The molecule has 0 aliphatic carbocycles. The summed E-state index contributed by atoms with van der Waals surface area (Å²) < 4.78 is 1.79. The van der Waals surface area contributed by atoms with Gasteiger partial charge < -0.3 is 16.4 Å². The molecule has 0 saturated heterocycles. The number of carbonyl (C=O) groups is 2. The first-order valence-corrected chi connectivity index (χ1v) is 9.16. The van der Waals surface area contributed by atoms with E-state index in [1.54, 1.807) is 41.2 Å². The van der Waals surface area contributed by atoms with Crippen LogP contribution in [0.25, 0.3) is 11.0 Å². The third-order valence-electron chi connectivity index (χ3n) is 4.28. The second-order valence-corrected chi connectivity index (χ2v) is 6.78. The van der Waals surface area contributed by atoms with Crippen molar-refractivity contribution in [1.29, 1.82) is 0 Å². The van der Waals surface area contributed by atoms with E-state index < -0.39 is 0 Å². The quantitative estimate of drug-likeness (QED) is 0.607. The van der Waals surface area contributed by atoms with Crippen molar-refractivity contribution in [3.8, 4) is 0 Å². The van der Waals surface area contributed by atoms with E-state index in [4.69, 9.17) is 5.73 Å². The molecular formula is C20H24N6O2. The summed E-state index contributed by atoms with van der Waals surface area (Å²) in [7, 11) is 0. The largest absolute Gasteiger partial charge is 0.351 e. The number of amides is 2. The van der Waals surface area contributed by atoms with Crippen LogP contribution in [0, 0.1) is 6.92 Å². The number of rotatable bonds is 6. The second kappa shape index (κ2) is 8.18. The third-order valence-corrected chi connectivity index (χ3v) is 4.28. The van der Waals surface area contributed by atoms with Crippen LogP contribution in [-0.2, 0) is 0 Å². The normalized spacial score (nSPS) is 11.0. The first kappa shape index (κ1) is 19.5. The summed E-state index contributed by atoms with van der Waals surface area (Å²) in [5, 5.41) is 10.6. The number of anilines is 1. The van der Waals surface area contributed by atoms with Crippen molar-refractivity contribution >= 4 is 28.5 Å². The molecule has 1 aromatic carbocycles. The Kier molecular flexibility index (Phi) is 5.70. The molecule has 0 aliphatic heterocycles. The fraction of sp³-hybridized carbons (Fsp3) is 0.300. The van der Waals surface area contributed by atoms with Crippen LogP contribution in [0.15, 0.2) is 36.5 Å². The van der Waals surface area contributed by atoms with Gasteiger partial charge in [-0.3, -0.25) is 9.59 Å². The van der Waals surface area contributed by atoms with Crippen molar-refractivity contribution in [2.24, 2.45) is 5.73 Å². The van der Waals surface area contributed by atoms with Crippen LogP contribution in [0.3, 0.4) is 0 Å². The van der Waals surface area contributed by atoms with Crippen molar-refractivity contribution in [3.05, 3.63) is 53.3 Å². The smallest absolute Gasteiger partial charge is 0.256 e. The van der Waals surface area contributed by atoms with E-state index in [9.17, 15) is 9.59 Å². The highest BCUT2D eigenvalue weighted by Crippen LogP contribution is 2.23. The Balaban J connectivity index is 1.96. The molecule has 3 rings (SSSR count). The Labute approximate surface area is 163 Å². The summed E-state index contributed by atoms with van der Waals surface area (Å²) in [6.07, 6.45) is 1.65. The van der Waals surface area contributed by atoms with Crippen LogP contribution in [-0.4, -0.2) is 39.7 Å². The molecule has 0 radical (unpaired) electrons. The predicted octanol–water partition coefficient (Wildman–Crippen LogP) is 2.26. The van der Waals surface area contributed by atoms with Gasteiger partial charge in [0.1, 0.15) is 0 Å². The number of para-hydroxylation sites is 1. The molecule has 146 valence electrons. The highest BCUT2D eigenvalue weighted by Gasteiger charge is 2.19. The summed E-state index contributed by atoms with van der Waals surface area (Å²) in [5.74, 6) is -0.608. The zero-order chi connectivity index (χ0) is 20.3. The van der Waals surface area contributed by atoms with Crippen LogP contribution in [0.4, 0.5) is 5.69 Å². The van der Waals surface area contributed by atoms with Crippen LogP contribution in [0.5, 0.6) is 0 Å². The molecule has 2 heterocycles. The number of nitrogens with one attached hydrogen (secondary N) is 2. The minimum absolute atomic E-state index is 0.120. The zero-order valence-electron chi connectivity index (χ0n) is 16.2. The molecule has 2 amide bonds. The van der Waals surface area contributed by atoms with E-state index in [1.807, 2.05) is 20.8 Å². The number of fused-ring (bicyclic) bond motifs is 1. The van der Waals surface area contributed by atoms with Crippen molar-refractivity contribution in [1.82, 2.24) is 20.1 Å². The molecule has 0 atom stereocenters. The molecule has 4 N–H and O–H groups in total. The molecule has 0 unspecified atom stereocenters. The summed E-state index contributed by atoms with van der Waals surface area (Å²) in [4.78, 5) is 29.9. The molecule has 0 bridgehead atoms.